The van der Waals surface area contributed by atoms with E-state index >= 15 is 0 Å². The van der Waals surface area contributed by atoms with Crippen LogP contribution in [-0.4, -0.2) is 16.5 Å². The van der Waals surface area contributed by atoms with Crippen molar-refractivity contribution in [2.45, 2.75) is 13.8 Å². The number of nitrogens with zero attached hydrogens (tertiary/aromatic N) is 2. The second-order valence-corrected chi connectivity index (χ2v) is 4.77. The zero-order valence-corrected chi connectivity index (χ0v) is 12.0. The fraction of sp³-hybridized carbons (Fsp3) is 0.231. The van der Waals surface area contributed by atoms with E-state index in [2.05, 4.69) is 36.5 Å². The highest BCUT2D eigenvalue weighted by molar-refractivity contribution is 9.10. The zero-order valence-electron chi connectivity index (χ0n) is 10.4. The molecule has 0 aliphatic carbocycles. The van der Waals surface area contributed by atoms with E-state index in [0.29, 0.717) is 0 Å². The van der Waals surface area contributed by atoms with Crippen molar-refractivity contribution >= 4 is 33.3 Å². The average Bonchev–Trinajstić information content (AvgIpc) is 2.28. The number of nitrogens with one attached hydrogen (secondary N) is 2. The maximum Gasteiger partial charge on any atom is 0.136 e. The minimum Gasteiger partial charge on any atom is -0.370 e. The van der Waals surface area contributed by atoms with Gasteiger partial charge in [0, 0.05) is 22.8 Å². The maximum absolute atomic E-state index is 4.36. The average molecular weight is 307 g/mol. The van der Waals surface area contributed by atoms with Crippen LogP contribution >= 0.6 is 15.9 Å². The molecule has 18 heavy (non-hydrogen) atoms. The zero-order chi connectivity index (χ0) is 13.0. The third kappa shape index (κ3) is 3.43. The Hall–Kier alpha value is -1.62. The van der Waals surface area contributed by atoms with Crippen molar-refractivity contribution in [3.05, 3.63) is 40.6 Å². The second-order valence-electron chi connectivity index (χ2n) is 3.85. The molecule has 0 aliphatic rings. The first-order valence-electron chi connectivity index (χ1n) is 5.79. The summed E-state index contributed by atoms with van der Waals surface area (Å²) >= 11 is 3.44. The van der Waals surface area contributed by atoms with Gasteiger partial charge in [0.15, 0.2) is 0 Å². The quantitative estimate of drug-likeness (QED) is 0.904. The first kappa shape index (κ1) is 12.8. The minimum atomic E-state index is 0.742. The molecule has 1 heterocycles. The molecule has 0 saturated heterocycles. The first-order valence-corrected chi connectivity index (χ1v) is 6.59. The molecule has 0 bridgehead atoms. The largest absolute Gasteiger partial charge is 0.370 e. The summed E-state index contributed by atoms with van der Waals surface area (Å²) < 4.78 is 1.03. The number of aryl methyl sites for hydroxylation is 1. The van der Waals surface area contributed by atoms with Crippen LogP contribution in [0.1, 0.15) is 12.7 Å². The van der Waals surface area contributed by atoms with E-state index in [0.717, 1.165) is 34.2 Å². The first-order chi connectivity index (χ1) is 8.67. The van der Waals surface area contributed by atoms with E-state index in [4.69, 9.17) is 0 Å². The van der Waals surface area contributed by atoms with Gasteiger partial charge in [0.25, 0.3) is 0 Å². The van der Waals surface area contributed by atoms with Crippen molar-refractivity contribution in [3.63, 3.8) is 0 Å². The van der Waals surface area contributed by atoms with Gasteiger partial charge in [0.2, 0.25) is 0 Å². The standard InChI is InChI=1S/C13H15BrN4/c1-3-15-12-8-13(17-9(2)16-12)18-11-6-4-5-10(14)7-11/h4-8H,3H2,1-2H3,(H2,15,16,17,18). The topological polar surface area (TPSA) is 49.8 Å². The molecule has 0 atom stereocenters. The predicted octanol–water partition coefficient (Wildman–Crippen LogP) is 3.72. The molecule has 2 N–H and O–H groups in total. The number of benzene rings is 1. The summed E-state index contributed by atoms with van der Waals surface area (Å²) in [5, 5.41) is 6.45. The Morgan fingerprint density at radius 3 is 2.67 bits per heavy atom. The number of halogens is 1. The monoisotopic (exact) mass is 306 g/mol. The Labute approximate surface area is 115 Å². The van der Waals surface area contributed by atoms with Crippen molar-refractivity contribution in [3.8, 4) is 0 Å². The van der Waals surface area contributed by atoms with Crippen LogP contribution in [0.5, 0.6) is 0 Å². The Balaban J connectivity index is 2.23. The Morgan fingerprint density at radius 1 is 1.17 bits per heavy atom. The fourth-order valence-electron chi connectivity index (χ4n) is 1.62. The molecule has 5 heteroatoms. The summed E-state index contributed by atoms with van der Waals surface area (Å²) in [5.74, 6) is 2.37. The van der Waals surface area contributed by atoms with Crippen LogP contribution in [0.2, 0.25) is 0 Å². The van der Waals surface area contributed by atoms with E-state index in [9.17, 15) is 0 Å². The number of rotatable bonds is 4. The van der Waals surface area contributed by atoms with Gasteiger partial charge in [-0.2, -0.15) is 0 Å². The van der Waals surface area contributed by atoms with Crippen molar-refractivity contribution in [2.24, 2.45) is 0 Å². The van der Waals surface area contributed by atoms with Gasteiger partial charge in [-0.1, -0.05) is 22.0 Å². The highest BCUT2D eigenvalue weighted by Gasteiger charge is 2.02. The van der Waals surface area contributed by atoms with Gasteiger partial charge in [-0.15, -0.1) is 0 Å². The molecule has 94 valence electrons. The number of anilines is 3. The minimum absolute atomic E-state index is 0.742. The molecule has 0 radical (unpaired) electrons. The fourth-order valence-corrected chi connectivity index (χ4v) is 2.02. The van der Waals surface area contributed by atoms with E-state index in [1.165, 1.54) is 0 Å². The lowest BCUT2D eigenvalue weighted by Crippen LogP contribution is -2.04. The summed E-state index contributed by atoms with van der Waals surface area (Å²) in [7, 11) is 0. The molecule has 0 amide bonds. The highest BCUT2D eigenvalue weighted by Crippen LogP contribution is 2.20. The van der Waals surface area contributed by atoms with Crippen LogP contribution < -0.4 is 10.6 Å². The third-order valence-corrected chi connectivity index (χ3v) is 2.79. The Kier molecular flexibility index (Phi) is 4.15. The highest BCUT2D eigenvalue weighted by atomic mass is 79.9. The molecule has 0 aliphatic heterocycles. The van der Waals surface area contributed by atoms with Crippen LogP contribution in [0.3, 0.4) is 0 Å². The lowest BCUT2D eigenvalue weighted by atomic mass is 10.3. The van der Waals surface area contributed by atoms with Gasteiger partial charge in [-0.25, -0.2) is 9.97 Å². The second kappa shape index (κ2) is 5.82. The molecule has 1 aromatic heterocycles. The molecular formula is C13H15BrN4. The van der Waals surface area contributed by atoms with E-state index < -0.39 is 0 Å². The molecule has 1 aromatic carbocycles. The molecule has 0 saturated carbocycles. The van der Waals surface area contributed by atoms with Gasteiger partial charge in [-0.3, -0.25) is 0 Å². The lowest BCUT2D eigenvalue weighted by molar-refractivity contribution is 1.04. The smallest absolute Gasteiger partial charge is 0.136 e. The summed E-state index contributed by atoms with van der Waals surface area (Å²) in [6.07, 6.45) is 0. The molecular weight excluding hydrogens is 292 g/mol. The number of hydrogen-bond donors (Lipinski definition) is 2. The summed E-state index contributed by atoms with van der Waals surface area (Å²) in [5.41, 5.74) is 0.991. The lowest BCUT2D eigenvalue weighted by Gasteiger charge is -2.09. The van der Waals surface area contributed by atoms with Gasteiger partial charge in [0.1, 0.15) is 17.5 Å². The van der Waals surface area contributed by atoms with Crippen molar-refractivity contribution in [1.82, 2.24) is 9.97 Å². The van der Waals surface area contributed by atoms with Crippen molar-refractivity contribution in [1.29, 1.82) is 0 Å². The van der Waals surface area contributed by atoms with E-state index in [1.807, 2.05) is 44.2 Å². The summed E-state index contributed by atoms with van der Waals surface area (Å²) in [6, 6.07) is 9.86. The van der Waals surface area contributed by atoms with Crippen molar-refractivity contribution < 1.29 is 0 Å². The number of aromatic nitrogens is 2. The van der Waals surface area contributed by atoms with Gasteiger partial charge in [-0.05, 0) is 32.0 Å². The third-order valence-electron chi connectivity index (χ3n) is 2.29. The Morgan fingerprint density at radius 2 is 1.94 bits per heavy atom. The van der Waals surface area contributed by atoms with Gasteiger partial charge < -0.3 is 10.6 Å². The van der Waals surface area contributed by atoms with Crippen molar-refractivity contribution in [2.75, 3.05) is 17.2 Å². The van der Waals surface area contributed by atoms with Crippen LogP contribution in [0, 0.1) is 6.92 Å². The van der Waals surface area contributed by atoms with Crippen LogP contribution in [0.15, 0.2) is 34.8 Å². The van der Waals surface area contributed by atoms with Crippen LogP contribution in [0.4, 0.5) is 17.3 Å². The van der Waals surface area contributed by atoms with E-state index in [-0.39, 0.29) is 0 Å². The van der Waals surface area contributed by atoms with Gasteiger partial charge in [0.05, 0.1) is 0 Å². The molecule has 0 fully saturated rings. The molecule has 0 spiro atoms. The molecule has 2 aromatic rings. The number of hydrogen-bond acceptors (Lipinski definition) is 4. The molecule has 2 rings (SSSR count). The normalized spacial score (nSPS) is 10.2. The molecule has 0 unspecified atom stereocenters. The maximum atomic E-state index is 4.36. The summed E-state index contributed by atoms with van der Waals surface area (Å²) in [6.45, 7) is 4.76. The Bertz CT molecular complexity index is 542. The van der Waals surface area contributed by atoms with Crippen LogP contribution in [-0.2, 0) is 0 Å². The summed E-state index contributed by atoms with van der Waals surface area (Å²) in [4.78, 5) is 8.67. The SMILES string of the molecule is CCNc1cc(Nc2cccc(Br)c2)nc(C)n1. The van der Waals surface area contributed by atoms with Gasteiger partial charge >= 0.3 is 0 Å². The van der Waals surface area contributed by atoms with E-state index in [1.54, 1.807) is 0 Å². The van der Waals surface area contributed by atoms with Crippen LogP contribution in [0.25, 0.3) is 0 Å². The predicted molar refractivity (Wildman–Crippen MR) is 78.4 cm³/mol. The molecule has 4 nitrogen and oxygen atoms in total.